The molecule has 0 aromatic heterocycles. The van der Waals surface area contributed by atoms with Gasteiger partial charge in [0.1, 0.15) is 30.7 Å². The van der Waals surface area contributed by atoms with Gasteiger partial charge in [-0.25, -0.2) is 0 Å². The van der Waals surface area contributed by atoms with E-state index in [1.807, 2.05) is 91.9 Å². The maximum atomic E-state index is 14.3. The number of carboxylic acids is 1. The topological polar surface area (TPSA) is 209 Å². The number of aryl methyl sites for hydroxylation is 2. The zero-order valence-electron chi connectivity index (χ0n) is 33.3. The molecule has 0 aliphatic rings. The van der Waals surface area contributed by atoms with Crippen LogP contribution in [0.2, 0.25) is 0 Å². The van der Waals surface area contributed by atoms with Crippen molar-refractivity contribution >= 4 is 35.5 Å². The van der Waals surface area contributed by atoms with E-state index in [0.717, 1.165) is 22.3 Å². The highest BCUT2D eigenvalue weighted by atomic mass is 16.4. The molecule has 310 valence electrons. The fraction of sp³-hybridized carbons (Fsp3) is 0.234. The molecule has 8 N–H and O–H groups in total. The molecule has 0 saturated heterocycles. The maximum Gasteiger partial charge on any atom is 0.322 e. The van der Waals surface area contributed by atoms with E-state index in [1.165, 1.54) is 0 Å². The Hall–Kier alpha value is -7.12. The smallest absolute Gasteiger partial charge is 0.322 e. The Morgan fingerprint density at radius 2 is 1.02 bits per heavy atom. The zero-order chi connectivity index (χ0) is 42.9. The molecule has 0 aliphatic carbocycles. The lowest BCUT2D eigenvalue weighted by Crippen LogP contribution is -2.59. The minimum Gasteiger partial charge on any atom is -0.480 e. The monoisotopic (exact) mass is 810 g/mol. The van der Waals surface area contributed by atoms with Gasteiger partial charge in [-0.3, -0.25) is 28.8 Å². The van der Waals surface area contributed by atoms with Gasteiger partial charge in [0.2, 0.25) is 23.6 Å². The fourth-order valence-corrected chi connectivity index (χ4v) is 6.40. The van der Waals surface area contributed by atoms with Crippen molar-refractivity contribution in [1.82, 2.24) is 26.6 Å². The lowest BCUT2D eigenvalue weighted by atomic mass is 9.99. The summed E-state index contributed by atoms with van der Waals surface area (Å²) in [6.45, 7) is 1.04. The Balaban J connectivity index is 1.37. The van der Waals surface area contributed by atoms with Crippen molar-refractivity contribution in [3.63, 3.8) is 0 Å². The first-order valence-corrected chi connectivity index (χ1v) is 19.7. The molecule has 0 fully saturated rings. The van der Waals surface area contributed by atoms with Gasteiger partial charge in [0.25, 0.3) is 5.91 Å². The third-order valence-electron chi connectivity index (χ3n) is 9.79. The first kappa shape index (κ1) is 44.0. The molecule has 0 saturated carbocycles. The van der Waals surface area contributed by atoms with Gasteiger partial charge in [-0.15, -0.1) is 0 Å². The second-order valence-electron chi connectivity index (χ2n) is 14.5. The quantitative estimate of drug-likeness (QED) is 0.0618. The Labute approximate surface area is 349 Å². The van der Waals surface area contributed by atoms with Crippen LogP contribution in [0.1, 0.15) is 39.0 Å². The van der Waals surface area contributed by atoms with E-state index in [-0.39, 0.29) is 25.8 Å². The number of rotatable bonds is 20. The number of hydrogen-bond acceptors (Lipinski definition) is 7. The molecule has 13 heteroatoms. The number of nitrogens with two attached hydrogens (primary N) is 1. The molecule has 0 bridgehead atoms. The Bertz CT molecular complexity index is 2200. The summed E-state index contributed by atoms with van der Waals surface area (Å²) in [6.07, 6.45) is 0.571. The average Bonchev–Trinajstić information content (AvgIpc) is 3.26. The van der Waals surface area contributed by atoms with Crippen LogP contribution in [0.5, 0.6) is 0 Å². The summed E-state index contributed by atoms with van der Waals surface area (Å²) in [5.41, 5.74) is 11.9. The SMILES string of the molecule is Cc1ccc(C(=O)NC[C@H](N)C(=O)N[C@H](CCc2ccccc2)C(=O)N[C@@H](Cc2ccc(-c3ccccc3)cc2)C(=O)N[C@H](Cc2ccccc2)C(=O)NCC(=O)O)cc1. The summed E-state index contributed by atoms with van der Waals surface area (Å²) >= 11 is 0. The predicted molar refractivity (Wildman–Crippen MR) is 228 cm³/mol. The minimum absolute atomic E-state index is 0.00531. The van der Waals surface area contributed by atoms with Crippen molar-refractivity contribution in [3.05, 3.63) is 167 Å². The van der Waals surface area contributed by atoms with Crippen LogP contribution in [0.3, 0.4) is 0 Å². The summed E-state index contributed by atoms with van der Waals surface area (Å²) < 4.78 is 0. The van der Waals surface area contributed by atoms with E-state index < -0.39 is 66.2 Å². The van der Waals surface area contributed by atoms with Crippen molar-refractivity contribution in [2.75, 3.05) is 13.1 Å². The first-order valence-electron chi connectivity index (χ1n) is 19.7. The largest absolute Gasteiger partial charge is 0.480 e. The predicted octanol–water partition coefficient (Wildman–Crippen LogP) is 3.49. The lowest BCUT2D eigenvalue weighted by molar-refractivity contribution is -0.138. The van der Waals surface area contributed by atoms with Gasteiger partial charge in [0.05, 0.1) is 0 Å². The van der Waals surface area contributed by atoms with E-state index >= 15 is 0 Å². The summed E-state index contributed by atoms with van der Waals surface area (Å²) in [5.74, 6) is -4.46. The van der Waals surface area contributed by atoms with Gasteiger partial charge >= 0.3 is 5.97 Å². The molecule has 4 atom stereocenters. The van der Waals surface area contributed by atoms with Gasteiger partial charge < -0.3 is 37.4 Å². The molecule has 0 spiro atoms. The molecule has 13 nitrogen and oxygen atoms in total. The number of aliphatic carboxylic acids is 1. The number of carbonyl (C=O) groups excluding carboxylic acids is 5. The first-order chi connectivity index (χ1) is 28.9. The standard InChI is InChI=1S/C47H50N6O7/c1-31-17-22-37(23-18-31)43(56)49-29-38(48)44(57)51-39(26-21-32-11-5-2-6-12-32)46(59)53-41(28-34-19-24-36(25-20-34)35-15-9-4-10-16-35)47(60)52-40(45(58)50-30-42(54)55)27-33-13-7-3-8-14-33/h2-20,22-25,38-41H,21,26-30,48H2,1H3,(H,49,56)(H,50,58)(H,51,57)(H,52,60)(H,53,59)(H,54,55)/t38-,39+,40+,41-/m0/s1. The van der Waals surface area contributed by atoms with Crippen LogP contribution in [-0.4, -0.2) is 77.9 Å². The molecule has 5 amide bonds. The summed E-state index contributed by atoms with van der Waals surface area (Å²) in [7, 11) is 0. The zero-order valence-corrected chi connectivity index (χ0v) is 33.3. The fourth-order valence-electron chi connectivity index (χ4n) is 6.40. The van der Waals surface area contributed by atoms with Crippen molar-refractivity contribution < 1.29 is 33.9 Å². The van der Waals surface area contributed by atoms with Crippen LogP contribution in [0.25, 0.3) is 11.1 Å². The number of amides is 5. The van der Waals surface area contributed by atoms with Crippen LogP contribution in [0, 0.1) is 6.92 Å². The lowest BCUT2D eigenvalue weighted by Gasteiger charge is -2.26. The molecule has 0 aliphatic heterocycles. The normalized spacial score (nSPS) is 12.8. The van der Waals surface area contributed by atoms with E-state index in [2.05, 4.69) is 26.6 Å². The third-order valence-corrected chi connectivity index (χ3v) is 9.79. The second kappa shape index (κ2) is 22.1. The third kappa shape index (κ3) is 13.8. The second-order valence-corrected chi connectivity index (χ2v) is 14.5. The average molecular weight is 811 g/mol. The highest BCUT2D eigenvalue weighted by Gasteiger charge is 2.31. The highest BCUT2D eigenvalue weighted by molar-refractivity contribution is 5.96. The summed E-state index contributed by atoms with van der Waals surface area (Å²) in [6, 6.07) is 37.6. The van der Waals surface area contributed by atoms with Crippen LogP contribution in [0.4, 0.5) is 0 Å². The molecule has 5 rings (SSSR count). The number of nitrogens with one attached hydrogen (secondary N) is 5. The van der Waals surface area contributed by atoms with E-state index in [9.17, 15) is 33.9 Å². The van der Waals surface area contributed by atoms with Gasteiger partial charge in [0.15, 0.2) is 0 Å². The van der Waals surface area contributed by atoms with Crippen molar-refractivity contribution in [2.24, 2.45) is 5.73 Å². The molecule has 0 heterocycles. The van der Waals surface area contributed by atoms with Crippen molar-refractivity contribution in [1.29, 1.82) is 0 Å². The van der Waals surface area contributed by atoms with Crippen LogP contribution >= 0.6 is 0 Å². The van der Waals surface area contributed by atoms with E-state index in [4.69, 9.17) is 5.73 Å². The number of carboxylic acid groups (broad SMARTS) is 1. The highest BCUT2D eigenvalue weighted by Crippen LogP contribution is 2.20. The van der Waals surface area contributed by atoms with Gasteiger partial charge in [-0.2, -0.15) is 0 Å². The number of carbonyl (C=O) groups is 6. The molecule has 0 unspecified atom stereocenters. The van der Waals surface area contributed by atoms with Gasteiger partial charge in [-0.05, 0) is 59.7 Å². The van der Waals surface area contributed by atoms with Crippen LogP contribution in [0.15, 0.2) is 140 Å². The van der Waals surface area contributed by atoms with Crippen molar-refractivity contribution in [2.45, 2.75) is 56.8 Å². The Kier molecular flexibility index (Phi) is 16.2. The summed E-state index contributed by atoms with van der Waals surface area (Å²) in [5, 5.41) is 22.5. The van der Waals surface area contributed by atoms with Crippen LogP contribution < -0.4 is 32.3 Å². The number of benzene rings is 5. The van der Waals surface area contributed by atoms with Gasteiger partial charge in [-0.1, -0.05) is 133 Å². The van der Waals surface area contributed by atoms with Crippen molar-refractivity contribution in [3.8, 4) is 11.1 Å². The van der Waals surface area contributed by atoms with E-state index in [0.29, 0.717) is 23.1 Å². The minimum atomic E-state index is -1.26. The summed E-state index contributed by atoms with van der Waals surface area (Å²) in [4.78, 5) is 79.4. The van der Waals surface area contributed by atoms with E-state index in [1.54, 1.807) is 54.6 Å². The molecular formula is C47H50N6O7. The molecule has 0 radical (unpaired) electrons. The number of hydrogen-bond donors (Lipinski definition) is 7. The maximum absolute atomic E-state index is 14.3. The Morgan fingerprint density at radius 1 is 0.533 bits per heavy atom. The molecular weight excluding hydrogens is 761 g/mol. The van der Waals surface area contributed by atoms with Gasteiger partial charge in [0, 0.05) is 24.9 Å². The molecule has 5 aromatic rings. The van der Waals surface area contributed by atoms with Crippen LogP contribution in [-0.2, 0) is 43.2 Å². The molecule has 60 heavy (non-hydrogen) atoms. The Morgan fingerprint density at radius 3 is 1.60 bits per heavy atom. The molecule has 5 aromatic carbocycles.